The van der Waals surface area contributed by atoms with Gasteiger partial charge in [-0.3, -0.25) is 10.2 Å². The molecule has 0 aromatic heterocycles. The van der Waals surface area contributed by atoms with Gasteiger partial charge < -0.3 is 4.74 Å². The molecule has 94 valence electrons. The van der Waals surface area contributed by atoms with Crippen molar-refractivity contribution >= 4 is 5.91 Å². The van der Waals surface area contributed by atoms with Gasteiger partial charge in [0.05, 0.1) is 5.41 Å². The van der Waals surface area contributed by atoms with Crippen LogP contribution >= 0.6 is 0 Å². The molecule has 0 fully saturated rings. The highest BCUT2D eigenvalue weighted by molar-refractivity contribution is 5.81. The maximum absolute atomic E-state index is 13.2. The third-order valence-corrected chi connectivity index (χ3v) is 2.23. The minimum absolute atomic E-state index is 0.115. The summed E-state index contributed by atoms with van der Waals surface area (Å²) in [4.78, 5) is 11.3. The van der Waals surface area contributed by atoms with E-state index in [0.717, 1.165) is 18.2 Å². The van der Waals surface area contributed by atoms with Crippen LogP contribution in [0.5, 0.6) is 5.75 Å². The number of rotatable bonds is 4. The van der Waals surface area contributed by atoms with Crippen molar-refractivity contribution in [2.45, 2.75) is 13.8 Å². The first kappa shape index (κ1) is 13.4. The molecule has 0 unspecified atom stereocenters. The summed E-state index contributed by atoms with van der Waals surface area (Å²) in [5.74, 6) is 3.02. The molecule has 0 atom stereocenters. The van der Waals surface area contributed by atoms with Crippen molar-refractivity contribution in [3.05, 3.63) is 29.8 Å². The van der Waals surface area contributed by atoms with Crippen LogP contribution in [-0.2, 0) is 4.79 Å². The second kappa shape index (κ2) is 5.09. The van der Waals surface area contributed by atoms with E-state index in [1.54, 1.807) is 13.8 Å². The van der Waals surface area contributed by atoms with Gasteiger partial charge in [-0.15, -0.1) is 0 Å². The molecule has 0 aliphatic rings. The van der Waals surface area contributed by atoms with Crippen LogP contribution < -0.4 is 16.0 Å². The molecule has 1 rings (SSSR count). The van der Waals surface area contributed by atoms with E-state index in [1.165, 1.54) is 0 Å². The van der Waals surface area contributed by atoms with Gasteiger partial charge in [0.2, 0.25) is 5.91 Å². The molecule has 3 N–H and O–H groups in total. The lowest BCUT2D eigenvalue weighted by molar-refractivity contribution is -0.130. The Balaban J connectivity index is 2.73. The number of carbonyl (C=O) groups excluding carboxylic acids is 1. The zero-order valence-electron chi connectivity index (χ0n) is 9.59. The first-order chi connectivity index (χ1) is 7.86. The maximum atomic E-state index is 13.2. The predicted molar refractivity (Wildman–Crippen MR) is 58.0 cm³/mol. The van der Waals surface area contributed by atoms with Crippen LogP contribution in [0.25, 0.3) is 0 Å². The van der Waals surface area contributed by atoms with Gasteiger partial charge in [-0.05, 0) is 26.0 Å². The molecule has 0 saturated carbocycles. The zero-order valence-corrected chi connectivity index (χ0v) is 9.59. The summed E-state index contributed by atoms with van der Waals surface area (Å²) in [7, 11) is 0. The van der Waals surface area contributed by atoms with Gasteiger partial charge in [-0.25, -0.2) is 14.6 Å². The van der Waals surface area contributed by atoms with E-state index in [0.29, 0.717) is 0 Å². The summed E-state index contributed by atoms with van der Waals surface area (Å²) in [6.07, 6.45) is 0. The Morgan fingerprint density at radius 1 is 1.47 bits per heavy atom. The van der Waals surface area contributed by atoms with Crippen molar-refractivity contribution in [2.24, 2.45) is 11.3 Å². The van der Waals surface area contributed by atoms with Gasteiger partial charge >= 0.3 is 0 Å². The lowest BCUT2D eigenvalue weighted by Crippen LogP contribution is -2.44. The zero-order chi connectivity index (χ0) is 13.1. The molecular weight excluding hydrogens is 230 g/mol. The Morgan fingerprint density at radius 3 is 2.71 bits per heavy atom. The Morgan fingerprint density at radius 2 is 2.12 bits per heavy atom. The second-order valence-electron chi connectivity index (χ2n) is 4.22. The minimum atomic E-state index is -0.937. The molecule has 0 spiro atoms. The molecule has 0 heterocycles. The SMILES string of the molecule is CC(C)(COc1cc(F)ccc1F)C(=O)NN. The number of nitrogens with two attached hydrogens (primary N) is 1. The van der Waals surface area contributed by atoms with Crippen LogP contribution in [0.4, 0.5) is 8.78 Å². The third kappa shape index (κ3) is 3.39. The predicted octanol–water partition coefficient (Wildman–Crippen LogP) is 1.36. The largest absolute Gasteiger partial charge is 0.489 e. The van der Waals surface area contributed by atoms with E-state index in [4.69, 9.17) is 10.6 Å². The van der Waals surface area contributed by atoms with Crippen molar-refractivity contribution in [1.29, 1.82) is 0 Å². The lowest BCUT2D eigenvalue weighted by Gasteiger charge is -2.22. The number of ether oxygens (including phenoxy) is 1. The monoisotopic (exact) mass is 244 g/mol. The topological polar surface area (TPSA) is 64.3 Å². The number of halogens is 2. The van der Waals surface area contributed by atoms with Gasteiger partial charge in [0.1, 0.15) is 12.4 Å². The number of carbonyl (C=O) groups is 1. The smallest absolute Gasteiger partial charge is 0.242 e. The molecule has 0 aliphatic heterocycles. The minimum Gasteiger partial charge on any atom is -0.489 e. The first-order valence-corrected chi connectivity index (χ1v) is 4.96. The van der Waals surface area contributed by atoms with Crippen LogP contribution in [-0.4, -0.2) is 12.5 Å². The average molecular weight is 244 g/mol. The van der Waals surface area contributed by atoms with Gasteiger partial charge in [0, 0.05) is 6.07 Å². The highest BCUT2D eigenvalue weighted by Crippen LogP contribution is 2.22. The average Bonchev–Trinajstić information content (AvgIpc) is 2.29. The number of hydrogen-bond acceptors (Lipinski definition) is 3. The second-order valence-corrected chi connectivity index (χ2v) is 4.22. The van der Waals surface area contributed by atoms with Crippen molar-refractivity contribution in [3.8, 4) is 5.75 Å². The van der Waals surface area contributed by atoms with Gasteiger partial charge in [0.15, 0.2) is 11.6 Å². The molecule has 4 nitrogen and oxygen atoms in total. The van der Waals surface area contributed by atoms with Crippen LogP contribution in [0, 0.1) is 17.0 Å². The summed E-state index contributed by atoms with van der Waals surface area (Å²) in [5.41, 5.74) is 1.04. The lowest BCUT2D eigenvalue weighted by atomic mass is 9.94. The van der Waals surface area contributed by atoms with Crippen molar-refractivity contribution in [2.75, 3.05) is 6.61 Å². The highest BCUT2D eigenvalue weighted by atomic mass is 19.1. The first-order valence-electron chi connectivity index (χ1n) is 4.96. The van der Waals surface area contributed by atoms with E-state index in [1.807, 2.05) is 5.43 Å². The van der Waals surface area contributed by atoms with E-state index in [9.17, 15) is 13.6 Å². The number of nitrogens with one attached hydrogen (secondary N) is 1. The van der Waals surface area contributed by atoms with E-state index in [-0.39, 0.29) is 12.4 Å². The van der Waals surface area contributed by atoms with E-state index >= 15 is 0 Å². The summed E-state index contributed by atoms with van der Waals surface area (Å²) >= 11 is 0. The van der Waals surface area contributed by atoms with Crippen molar-refractivity contribution in [3.63, 3.8) is 0 Å². The molecule has 6 heteroatoms. The normalized spacial score (nSPS) is 11.1. The molecule has 0 radical (unpaired) electrons. The van der Waals surface area contributed by atoms with E-state index in [2.05, 4.69) is 0 Å². The fraction of sp³-hybridized carbons (Fsp3) is 0.364. The van der Waals surface area contributed by atoms with Gasteiger partial charge in [-0.2, -0.15) is 0 Å². The number of hydrazine groups is 1. The van der Waals surface area contributed by atoms with Gasteiger partial charge in [0.25, 0.3) is 0 Å². The maximum Gasteiger partial charge on any atom is 0.242 e. The summed E-state index contributed by atoms with van der Waals surface area (Å²) in [6.45, 7) is 3.04. The molecule has 17 heavy (non-hydrogen) atoms. The standard InChI is InChI=1S/C11H14F2N2O2/c1-11(2,10(16)15-14)6-17-9-5-7(12)3-4-8(9)13/h3-5H,6,14H2,1-2H3,(H,15,16). The summed E-state index contributed by atoms with van der Waals surface area (Å²) < 4.78 is 31.1. The Bertz CT molecular complexity index is 422. The van der Waals surface area contributed by atoms with Crippen molar-refractivity contribution < 1.29 is 18.3 Å². The summed E-state index contributed by atoms with van der Waals surface area (Å²) in [6, 6.07) is 2.87. The molecule has 1 aromatic rings. The number of hydrogen-bond donors (Lipinski definition) is 2. The quantitative estimate of drug-likeness (QED) is 0.477. The van der Waals surface area contributed by atoms with E-state index < -0.39 is 23.0 Å². The Hall–Kier alpha value is -1.69. The molecule has 0 aliphatic carbocycles. The Labute approximate surface area is 97.7 Å². The van der Waals surface area contributed by atoms with Gasteiger partial charge in [-0.1, -0.05) is 0 Å². The number of benzene rings is 1. The molecular formula is C11H14F2N2O2. The molecule has 1 amide bonds. The number of amides is 1. The molecule has 0 saturated heterocycles. The fourth-order valence-electron chi connectivity index (χ4n) is 1.11. The van der Waals surface area contributed by atoms with Crippen LogP contribution in [0.1, 0.15) is 13.8 Å². The Kier molecular flexibility index (Phi) is 4.01. The molecule has 0 bridgehead atoms. The van der Waals surface area contributed by atoms with Crippen LogP contribution in [0.15, 0.2) is 18.2 Å². The highest BCUT2D eigenvalue weighted by Gasteiger charge is 2.28. The molecule has 1 aromatic carbocycles. The van der Waals surface area contributed by atoms with Crippen LogP contribution in [0.3, 0.4) is 0 Å². The fourth-order valence-corrected chi connectivity index (χ4v) is 1.11. The van der Waals surface area contributed by atoms with Crippen LogP contribution in [0.2, 0.25) is 0 Å². The third-order valence-electron chi connectivity index (χ3n) is 2.23. The summed E-state index contributed by atoms with van der Waals surface area (Å²) in [5, 5.41) is 0. The van der Waals surface area contributed by atoms with Crippen molar-refractivity contribution in [1.82, 2.24) is 5.43 Å².